The lowest BCUT2D eigenvalue weighted by Gasteiger charge is -2.02. The van der Waals surface area contributed by atoms with Gasteiger partial charge in [0.15, 0.2) is 0 Å². The number of carbonyl (C=O) groups is 2. The van der Waals surface area contributed by atoms with Crippen molar-refractivity contribution in [1.82, 2.24) is 10.9 Å². The predicted molar refractivity (Wildman–Crippen MR) is 67.9 cm³/mol. The lowest BCUT2D eigenvalue weighted by molar-refractivity contribution is 0.170. The first-order valence-corrected chi connectivity index (χ1v) is 5.50. The van der Waals surface area contributed by atoms with Crippen molar-refractivity contribution in [2.75, 3.05) is 14.2 Å². The van der Waals surface area contributed by atoms with Crippen LogP contribution < -0.4 is 10.9 Å². The van der Waals surface area contributed by atoms with Crippen LogP contribution in [0.2, 0.25) is 0 Å². The molecule has 1 atom stereocenters. The number of carbonyl (C=O) groups excluding carboxylic acids is 2. The van der Waals surface area contributed by atoms with E-state index in [4.69, 9.17) is 0 Å². The second kappa shape index (κ2) is 11.0. The summed E-state index contributed by atoms with van der Waals surface area (Å²) >= 11 is 0. The van der Waals surface area contributed by atoms with Crippen molar-refractivity contribution >= 4 is 24.6 Å². The number of aliphatic hydroxyl groups is 1. The molecule has 0 aromatic rings. The number of hydrogen-bond donors (Lipinski definition) is 3. The smallest absolute Gasteiger partial charge is 0.427 e. The molecule has 0 fully saturated rings. The van der Waals surface area contributed by atoms with E-state index in [1.807, 2.05) is 0 Å². The van der Waals surface area contributed by atoms with Crippen molar-refractivity contribution in [2.24, 2.45) is 10.2 Å². The van der Waals surface area contributed by atoms with Gasteiger partial charge in [-0.05, 0) is 19.3 Å². The molecule has 0 aliphatic heterocycles. The minimum atomic E-state index is -0.779. The first-order valence-electron chi connectivity index (χ1n) is 5.50. The maximum Gasteiger partial charge on any atom is 0.427 e. The second-order valence-electron chi connectivity index (χ2n) is 3.29. The molecule has 0 saturated heterocycles. The van der Waals surface area contributed by atoms with E-state index < -0.39 is 18.3 Å². The van der Waals surface area contributed by atoms with E-state index in [2.05, 4.69) is 30.5 Å². The zero-order chi connectivity index (χ0) is 14.5. The van der Waals surface area contributed by atoms with Crippen molar-refractivity contribution in [3.63, 3.8) is 0 Å². The highest BCUT2D eigenvalue weighted by Gasteiger charge is 2.00. The molecule has 0 heterocycles. The molecule has 9 heteroatoms. The van der Waals surface area contributed by atoms with Gasteiger partial charge in [0.25, 0.3) is 0 Å². The van der Waals surface area contributed by atoms with Gasteiger partial charge in [-0.25, -0.2) is 20.4 Å². The van der Waals surface area contributed by atoms with Gasteiger partial charge >= 0.3 is 12.2 Å². The molecule has 3 N–H and O–H groups in total. The normalized spacial score (nSPS) is 12.4. The van der Waals surface area contributed by atoms with Crippen molar-refractivity contribution in [3.05, 3.63) is 0 Å². The highest BCUT2D eigenvalue weighted by atomic mass is 16.5. The fourth-order valence-electron chi connectivity index (χ4n) is 0.923. The zero-order valence-electron chi connectivity index (χ0n) is 10.8. The monoisotopic (exact) mass is 274 g/mol. The highest BCUT2D eigenvalue weighted by molar-refractivity contribution is 5.70. The van der Waals surface area contributed by atoms with Crippen LogP contribution in [-0.4, -0.2) is 50.0 Å². The van der Waals surface area contributed by atoms with Crippen LogP contribution in [-0.2, 0) is 9.47 Å². The van der Waals surface area contributed by atoms with Crippen LogP contribution in [0.5, 0.6) is 0 Å². The van der Waals surface area contributed by atoms with Gasteiger partial charge in [0.1, 0.15) is 0 Å². The summed E-state index contributed by atoms with van der Waals surface area (Å²) in [5.74, 6) is 0. The van der Waals surface area contributed by atoms with Gasteiger partial charge < -0.3 is 14.6 Å². The Bertz CT molecular complexity index is 332. The Morgan fingerprint density at radius 1 is 1.21 bits per heavy atom. The standard InChI is InChI=1S/C10H18N4O5/c1-18-9(16)13-11-6-4-3-5-8(15)7-12-14-10(17)19-2/h6-8,15H,3-5H2,1-2H3,(H,13,16)(H,14,17)/b11-6-,12-7+. The molecule has 0 spiro atoms. The largest absolute Gasteiger partial charge is 0.452 e. The quantitative estimate of drug-likeness (QED) is 0.348. The van der Waals surface area contributed by atoms with E-state index >= 15 is 0 Å². The van der Waals surface area contributed by atoms with Crippen molar-refractivity contribution in [2.45, 2.75) is 25.4 Å². The Morgan fingerprint density at radius 3 is 2.37 bits per heavy atom. The Kier molecular flexibility index (Phi) is 9.71. The minimum absolute atomic E-state index is 0.441. The van der Waals surface area contributed by atoms with Crippen LogP contribution in [0.4, 0.5) is 9.59 Å². The third-order valence-electron chi connectivity index (χ3n) is 1.85. The molecule has 19 heavy (non-hydrogen) atoms. The Labute approximate surface area is 110 Å². The average Bonchev–Trinajstić information content (AvgIpc) is 2.41. The lowest BCUT2D eigenvalue weighted by atomic mass is 10.2. The highest BCUT2D eigenvalue weighted by Crippen LogP contribution is 1.97. The number of methoxy groups -OCH3 is 2. The minimum Gasteiger partial charge on any atom is -0.452 e. The second-order valence-corrected chi connectivity index (χ2v) is 3.29. The Morgan fingerprint density at radius 2 is 1.79 bits per heavy atom. The van der Waals surface area contributed by atoms with Crippen LogP contribution in [0, 0.1) is 0 Å². The van der Waals surface area contributed by atoms with Gasteiger partial charge in [0.05, 0.1) is 26.5 Å². The van der Waals surface area contributed by atoms with Gasteiger partial charge in [0, 0.05) is 6.21 Å². The first-order chi connectivity index (χ1) is 9.10. The number of nitrogens with zero attached hydrogens (tertiary/aromatic N) is 2. The summed E-state index contributed by atoms with van der Waals surface area (Å²) in [5.41, 5.74) is 4.19. The maximum absolute atomic E-state index is 10.6. The maximum atomic E-state index is 10.6. The van der Waals surface area contributed by atoms with E-state index in [1.165, 1.54) is 26.6 Å². The number of rotatable bonds is 7. The molecule has 0 bridgehead atoms. The van der Waals surface area contributed by atoms with Gasteiger partial charge in [-0.1, -0.05) is 0 Å². The number of hydrogen-bond acceptors (Lipinski definition) is 7. The summed E-state index contributed by atoms with van der Waals surface area (Å²) in [7, 11) is 2.45. The molecule has 0 aliphatic rings. The molecule has 1 unspecified atom stereocenters. The van der Waals surface area contributed by atoms with Crippen molar-refractivity contribution < 1.29 is 24.2 Å². The molecular formula is C10H18N4O5. The Hall–Kier alpha value is -2.16. The molecule has 9 nitrogen and oxygen atoms in total. The molecule has 108 valence electrons. The molecule has 2 amide bonds. The van der Waals surface area contributed by atoms with Crippen molar-refractivity contribution in [1.29, 1.82) is 0 Å². The number of amides is 2. The molecule has 0 saturated carbocycles. The molecule has 0 aromatic carbocycles. The number of unbranched alkanes of at least 4 members (excludes halogenated alkanes) is 1. The number of nitrogens with one attached hydrogen (secondary N) is 2. The van der Waals surface area contributed by atoms with E-state index in [-0.39, 0.29) is 0 Å². The summed E-state index contributed by atoms with van der Waals surface area (Å²) < 4.78 is 8.58. The average molecular weight is 274 g/mol. The Balaban J connectivity index is 3.60. The third-order valence-corrected chi connectivity index (χ3v) is 1.85. The molecular weight excluding hydrogens is 256 g/mol. The van der Waals surface area contributed by atoms with Gasteiger partial charge in [-0.15, -0.1) is 0 Å². The van der Waals surface area contributed by atoms with Crippen molar-refractivity contribution in [3.8, 4) is 0 Å². The molecule has 0 rings (SSSR count). The van der Waals surface area contributed by atoms with Crippen LogP contribution >= 0.6 is 0 Å². The summed E-state index contributed by atoms with van der Waals surface area (Å²) in [6.45, 7) is 0. The first kappa shape index (κ1) is 16.8. The van der Waals surface area contributed by atoms with Crippen LogP contribution in [0.15, 0.2) is 10.2 Å². The lowest BCUT2D eigenvalue weighted by Crippen LogP contribution is -2.19. The van der Waals surface area contributed by atoms with Crippen LogP contribution in [0.3, 0.4) is 0 Å². The SMILES string of the molecule is COC(=O)N/N=C\CCCC(O)/C=N/NC(=O)OC. The van der Waals surface area contributed by atoms with E-state index in [1.54, 1.807) is 0 Å². The summed E-state index contributed by atoms with van der Waals surface area (Å²) in [6.07, 6.45) is 2.21. The fourth-order valence-corrected chi connectivity index (χ4v) is 0.923. The summed E-state index contributed by atoms with van der Waals surface area (Å²) in [6, 6.07) is 0. The fraction of sp³-hybridized carbons (Fsp3) is 0.600. The van der Waals surface area contributed by atoms with E-state index in [0.717, 1.165) is 0 Å². The third kappa shape index (κ3) is 10.7. The van der Waals surface area contributed by atoms with E-state index in [9.17, 15) is 14.7 Å². The van der Waals surface area contributed by atoms with Gasteiger partial charge in [-0.2, -0.15) is 10.2 Å². The number of hydrazone groups is 2. The molecule has 0 aliphatic carbocycles. The van der Waals surface area contributed by atoms with E-state index in [0.29, 0.717) is 19.3 Å². The number of aliphatic hydroxyl groups excluding tert-OH is 1. The van der Waals surface area contributed by atoms with Gasteiger partial charge in [-0.3, -0.25) is 0 Å². The zero-order valence-corrected chi connectivity index (χ0v) is 10.8. The topological polar surface area (TPSA) is 122 Å². The predicted octanol–water partition coefficient (Wildman–Crippen LogP) is 0.201. The molecule has 0 radical (unpaired) electrons. The molecule has 0 aromatic heterocycles. The number of ether oxygens (including phenoxy) is 2. The van der Waals surface area contributed by atoms with Crippen LogP contribution in [0.1, 0.15) is 19.3 Å². The summed E-state index contributed by atoms with van der Waals surface area (Å²) in [5, 5.41) is 16.5. The summed E-state index contributed by atoms with van der Waals surface area (Å²) in [4.78, 5) is 21.2. The van der Waals surface area contributed by atoms with Gasteiger partial charge in [0.2, 0.25) is 0 Å². The van der Waals surface area contributed by atoms with Crippen LogP contribution in [0.25, 0.3) is 0 Å².